The van der Waals surface area contributed by atoms with Crippen molar-refractivity contribution in [3.05, 3.63) is 59.7 Å². The number of nitrogens with two attached hydrogens (primary N) is 1. The van der Waals surface area contributed by atoms with E-state index >= 15 is 0 Å². The predicted molar refractivity (Wildman–Crippen MR) is 104 cm³/mol. The molecule has 1 unspecified atom stereocenters. The van der Waals surface area contributed by atoms with Crippen molar-refractivity contribution in [3.63, 3.8) is 0 Å². The van der Waals surface area contributed by atoms with Gasteiger partial charge in [0.2, 0.25) is 11.8 Å². The van der Waals surface area contributed by atoms with E-state index in [0.29, 0.717) is 10.5 Å². The number of carbonyl (C=O) groups excluding carboxylic acids is 4. The standard InChI is InChI=1S/C20H17F3N4O5/c1-19(12-4-2-3-11(9-12)16(24)29)17(30)27(18(31)26-19)10-15(28)25-13-5-7-14(8-6-13)32-20(21,22)23/h2-9H,10H2,1H3,(H2,24,29)(H,25,28)(H,26,31). The molecule has 2 aromatic rings. The molecule has 5 amide bonds. The molecule has 1 aliphatic rings. The van der Waals surface area contributed by atoms with Crippen LogP contribution >= 0.6 is 0 Å². The summed E-state index contributed by atoms with van der Waals surface area (Å²) in [5.41, 5.74) is 4.30. The van der Waals surface area contributed by atoms with Crippen molar-refractivity contribution in [2.45, 2.75) is 18.8 Å². The molecule has 4 N–H and O–H groups in total. The normalized spacial score (nSPS) is 18.3. The summed E-state index contributed by atoms with van der Waals surface area (Å²) in [4.78, 5) is 49.7. The Labute approximate surface area is 179 Å². The van der Waals surface area contributed by atoms with Crippen molar-refractivity contribution < 1.29 is 37.1 Å². The van der Waals surface area contributed by atoms with Crippen LogP contribution in [0.15, 0.2) is 48.5 Å². The van der Waals surface area contributed by atoms with E-state index in [9.17, 15) is 32.3 Å². The molecule has 2 aromatic carbocycles. The number of hydrogen-bond acceptors (Lipinski definition) is 5. The minimum Gasteiger partial charge on any atom is -0.406 e. The zero-order valence-corrected chi connectivity index (χ0v) is 16.5. The van der Waals surface area contributed by atoms with Crippen LogP contribution in [0, 0.1) is 0 Å². The number of carbonyl (C=O) groups is 4. The lowest BCUT2D eigenvalue weighted by atomic mass is 9.90. The second kappa shape index (κ2) is 8.21. The summed E-state index contributed by atoms with van der Waals surface area (Å²) in [7, 11) is 0. The molecule has 168 valence electrons. The summed E-state index contributed by atoms with van der Waals surface area (Å²) in [5.74, 6) is -2.67. The topological polar surface area (TPSA) is 131 Å². The molecule has 0 spiro atoms. The van der Waals surface area contributed by atoms with Gasteiger partial charge in [0, 0.05) is 11.3 Å². The molecule has 0 saturated carbocycles. The average Bonchev–Trinajstić information content (AvgIpc) is 2.92. The fraction of sp³-hybridized carbons (Fsp3) is 0.200. The Kier molecular flexibility index (Phi) is 5.80. The van der Waals surface area contributed by atoms with E-state index in [4.69, 9.17) is 5.73 Å². The number of primary amides is 1. The Balaban J connectivity index is 1.69. The van der Waals surface area contributed by atoms with E-state index in [-0.39, 0.29) is 11.3 Å². The van der Waals surface area contributed by atoms with Gasteiger partial charge in [-0.15, -0.1) is 13.2 Å². The van der Waals surface area contributed by atoms with Gasteiger partial charge in [-0.1, -0.05) is 12.1 Å². The maximum atomic E-state index is 12.9. The SMILES string of the molecule is CC1(c2cccc(C(N)=O)c2)NC(=O)N(CC(=O)Nc2ccc(OC(F)(F)F)cc2)C1=O. The van der Waals surface area contributed by atoms with E-state index in [2.05, 4.69) is 15.4 Å². The van der Waals surface area contributed by atoms with Crippen molar-refractivity contribution >= 4 is 29.4 Å². The summed E-state index contributed by atoms with van der Waals surface area (Å²) in [6.07, 6.45) is -4.85. The molecule has 9 nitrogen and oxygen atoms in total. The van der Waals surface area contributed by atoms with Gasteiger partial charge in [-0.2, -0.15) is 0 Å². The number of nitrogens with one attached hydrogen (secondary N) is 2. The highest BCUT2D eigenvalue weighted by Gasteiger charge is 2.49. The molecule has 0 aromatic heterocycles. The van der Waals surface area contributed by atoms with Gasteiger partial charge in [-0.3, -0.25) is 19.3 Å². The van der Waals surface area contributed by atoms with Gasteiger partial charge in [0.25, 0.3) is 5.91 Å². The molecule has 32 heavy (non-hydrogen) atoms. The lowest BCUT2D eigenvalue weighted by Crippen LogP contribution is -2.42. The molecule has 1 aliphatic heterocycles. The van der Waals surface area contributed by atoms with Crippen molar-refractivity contribution in [1.82, 2.24) is 10.2 Å². The quantitative estimate of drug-likeness (QED) is 0.580. The Morgan fingerprint density at radius 1 is 1.16 bits per heavy atom. The van der Waals surface area contributed by atoms with Crippen LogP contribution in [0.25, 0.3) is 0 Å². The minimum absolute atomic E-state index is 0.133. The summed E-state index contributed by atoms with van der Waals surface area (Å²) < 4.78 is 40.4. The van der Waals surface area contributed by atoms with Crippen molar-refractivity contribution in [2.24, 2.45) is 5.73 Å². The molecular formula is C20H17F3N4O5. The number of benzene rings is 2. The Morgan fingerprint density at radius 3 is 2.41 bits per heavy atom. The molecule has 1 heterocycles. The number of urea groups is 1. The number of rotatable bonds is 6. The first-order valence-corrected chi connectivity index (χ1v) is 9.09. The van der Waals surface area contributed by atoms with Gasteiger partial charge in [0.1, 0.15) is 17.8 Å². The number of nitrogens with zero attached hydrogens (tertiary/aromatic N) is 1. The third kappa shape index (κ3) is 4.79. The fourth-order valence-electron chi connectivity index (χ4n) is 3.10. The van der Waals surface area contributed by atoms with Gasteiger partial charge in [0.05, 0.1) is 0 Å². The van der Waals surface area contributed by atoms with Crippen LogP contribution < -0.4 is 21.1 Å². The van der Waals surface area contributed by atoms with Crippen molar-refractivity contribution in [2.75, 3.05) is 11.9 Å². The minimum atomic E-state index is -4.85. The molecule has 3 rings (SSSR count). The van der Waals surface area contributed by atoms with E-state index in [1.807, 2.05) is 0 Å². The first-order valence-electron chi connectivity index (χ1n) is 9.09. The van der Waals surface area contributed by atoms with Crippen LogP contribution in [-0.2, 0) is 15.1 Å². The first-order chi connectivity index (χ1) is 14.9. The summed E-state index contributed by atoms with van der Waals surface area (Å²) in [6.45, 7) is 0.779. The molecule has 0 bridgehead atoms. The maximum Gasteiger partial charge on any atom is 0.573 e. The van der Waals surface area contributed by atoms with Gasteiger partial charge >= 0.3 is 12.4 Å². The van der Waals surface area contributed by atoms with Crippen LogP contribution in [0.3, 0.4) is 0 Å². The zero-order valence-electron chi connectivity index (χ0n) is 16.5. The van der Waals surface area contributed by atoms with Gasteiger partial charge < -0.3 is 21.1 Å². The third-order valence-corrected chi connectivity index (χ3v) is 4.67. The number of ether oxygens (including phenoxy) is 1. The molecule has 1 fully saturated rings. The lowest BCUT2D eigenvalue weighted by Gasteiger charge is -2.22. The van der Waals surface area contributed by atoms with Gasteiger partial charge in [-0.05, 0) is 48.9 Å². The summed E-state index contributed by atoms with van der Waals surface area (Å²) in [5, 5.41) is 4.87. The summed E-state index contributed by atoms with van der Waals surface area (Å²) >= 11 is 0. The highest BCUT2D eigenvalue weighted by molar-refractivity contribution is 6.10. The molecular weight excluding hydrogens is 433 g/mol. The fourth-order valence-corrected chi connectivity index (χ4v) is 3.10. The molecule has 0 radical (unpaired) electrons. The Morgan fingerprint density at radius 2 is 1.81 bits per heavy atom. The number of halogens is 3. The average molecular weight is 450 g/mol. The molecule has 1 atom stereocenters. The van der Waals surface area contributed by atoms with Crippen LogP contribution in [0.2, 0.25) is 0 Å². The number of alkyl halides is 3. The van der Waals surface area contributed by atoms with Crippen LogP contribution in [-0.4, -0.2) is 41.6 Å². The second-order valence-corrected chi connectivity index (χ2v) is 7.01. The number of hydrogen-bond donors (Lipinski definition) is 3. The number of anilines is 1. The van der Waals surface area contributed by atoms with Crippen molar-refractivity contribution in [1.29, 1.82) is 0 Å². The van der Waals surface area contributed by atoms with Gasteiger partial charge in [0.15, 0.2) is 0 Å². The summed E-state index contributed by atoms with van der Waals surface area (Å²) in [6, 6.07) is 9.36. The van der Waals surface area contributed by atoms with Gasteiger partial charge in [-0.25, -0.2) is 4.79 Å². The van der Waals surface area contributed by atoms with Crippen LogP contribution in [0.1, 0.15) is 22.8 Å². The Bertz CT molecular complexity index is 1090. The number of amides is 5. The number of imide groups is 1. The van der Waals surface area contributed by atoms with Crippen LogP contribution in [0.4, 0.5) is 23.7 Å². The highest BCUT2D eigenvalue weighted by Crippen LogP contribution is 2.29. The third-order valence-electron chi connectivity index (χ3n) is 4.67. The van der Waals surface area contributed by atoms with Crippen LogP contribution in [0.5, 0.6) is 5.75 Å². The van der Waals surface area contributed by atoms with E-state index in [1.54, 1.807) is 0 Å². The largest absolute Gasteiger partial charge is 0.573 e. The smallest absolute Gasteiger partial charge is 0.406 e. The van der Waals surface area contributed by atoms with Crippen molar-refractivity contribution in [3.8, 4) is 5.75 Å². The highest BCUT2D eigenvalue weighted by atomic mass is 19.4. The zero-order chi connectivity index (χ0) is 23.7. The predicted octanol–water partition coefficient (Wildman–Crippen LogP) is 2.09. The lowest BCUT2D eigenvalue weighted by molar-refractivity contribution is -0.274. The Hall–Kier alpha value is -4.09. The van der Waals surface area contributed by atoms with E-state index in [0.717, 1.165) is 12.1 Å². The second-order valence-electron chi connectivity index (χ2n) is 7.01. The van der Waals surface area contributed by atoms with E-state index < -0.39 is 47.9 Å². The molecule has 12 heteroatoms. The molecule has 0 aliphatic carbocycles. The first kappa shape index (κ1) is 22.6. The maximum absolute atomic E-state index is 12.9. The van der Waals surface area contributed by atoms with E-state index in [1.165, 1.54) is 43.3 Å². The monoisotopic (exact) mass is 450 g/mol. The molecule has 1 saturated heterocycles.